The Bertz CT molecular complexity index is 996. The van der Waals surface area contributed by atoms with Gasteiger partial charge in [-0.2, -0.15) is 0 Å². The molecule has 3 aromatic carbocycles. The Balaban J connectivity index is 1.51. The molecule has 0 fully saturated rings. The molecule has 0 aliphatic rings. The molecule has 0 spiro atoms. The van der Waals surface area contributed by atoms with Crippen molar-refractivity contribution < 1.29 is 4.43 Å². The van der Waals surface area contributed by atoms with E-state index in [0.29, 0.717) is 5.04 Å². The summed E-state index contributed by atoms with van der Waals surface area (Å²) in [6.07, 6.45) is 13.1. The monoisotopic (exact) mass is 674 g/mol. The SMILES string of the molecule is CC(C)(C)[Si](C)(C)OCCCCCCCCCCCP(I)(c1ccccc1)(c1ccccc1)c1ccccc1. The molecular weight excluding hydrogens is 622 g/mol. The van der Waals surface area contributed by atoms with Gasteiger partial charge in [-0.25, -0.2) is 0 Å². The predicted molar refractivity (Wildman–Crippen MR) is 189 cm³/mol. The van der Waals surface area contributed by atoms with Crippen LogP contribution in [0.15, 0.2) is 91.0 Å². The standard InChI is InChI=1S/C35H52IOPSi/c1-35(2,3)39(4,5)37-30-22-11-9-7-6-8-10-12-23-31-38(36,32-24-16-13-17-25-32,33-26-18-14-19-27-33)34-28-20-15-21-29-34/h13-21,24-29H,6-12,22-23,30-31H2,1-5H3. The van der Waals surface area contributed by atoms with Crippen LogP contribution in [0.2, 0.25) is 18.1 Å². The molecule has 0 radical (unpaired) electrons. The van der Waals surface area contributed by atoms with Crippen molar-refractivity contribution in [3.05, 3.63) is 91.0 Å². The van der Waals surface area contributed by atoms with Crippen LogP contribution in [-0.4, -0.2) is 21.1 Å². The Hall–Kier alpha value is -1.00. The molecule has 0 aromatic heterocycles. The van der Waals surface area contributed by atoms with Gasteiger partial charge in [0.1, 0.15) is 0 Å². The van der Waals surface area contributed by atoms with E-state index >= 15 is 0 Å². The van der Waals surface area contributed by atoms with E-state index in [1.807, 2.05) is 0 Å². The summed E-state index contributed by atoms with van der Waals surface area (Å²) in [5, 5.41) is 4.81. The third-order valence-electron chi connectivity index (χ3n) is 8.88. The zero-order chi connectivity index (χ0) is 28.3. The molecule has 214 valence electrons. The molecule has 39 heavy (non-hydrogen) atoms. The zero-order valence-corrected chi connectivity index (χ0v) is 29.2. The molecule has 0 saturated carbocycles. The number of benzene rings is 3. The van der Waals surface area contributed by atoms with Crippen molar-refractivity contribution in [2.45, 2.75) is 96.7 Å². The van der Waals surface area contributed by atoms with E-state index in [2.05, 4.69) is 147 Å². The topological polar surface area (TPSA) is 9.23 Å². The van der Waals surface area contributed by atoms with Gasteiger partial charge in [-0.15, -0.1) is 0 Å². The predicted octanol–water partition coefficient (Wildman–Crippen LogP) is 10.4. The minimum atomic E-state index is -2.60. The van der Waals surface area contributed by atoms with Gasteiger partial charge in [-0.05, 0) is 18.1 Å². The maximum absolute atomic E-state index is 6.34. The Morgan fingerprint density at radius 1 is 0.564 bits per heavy atom. The quantitative estimate of drug-likeness (QED) is 0.0636. The Morgan fingerprint density at radius 3 is 1.26 bits per heavy atom. The number of hydrogen-bond donors (Lipinski definition) is 0. The molecule has 4 heteroatoms. The van der Waals surface area contributed by atoms with Gasteiger partial charge in [0.15, 0.2) is 8.32 Å². The Kier molecular flexibility index (Phi) is 12.3. The molecule has 0 unspecified atom stereocenters. The second kappa shape index (κ2) is 14.8. The average Bonchev–Trinajstić information content (AvgIpc) is 2.94. The molecule has 0 N–H and O–H groups in total. The summed E-state index contributed by atoms with van der Waals surface area (Å²) in [5.74, 6) is 0. The van der Waals surface area contributed by atoms with Gasteiger partial charge in [-0.1, -0.05) is 20.8 Å². The summed E-state index contributed by atoms with van der Waals surface area (Å²) in [7, 11) is -1.58. The summed E-state index contributed by atoms with van der Waals surface area (Å²) in [6, 6.07) is 34.1. The molecule has 0 aliphatic carbocycles. The van der Waals surface area contributed by atoms with Crippen LogP contribution in [0.4, 0.5) is 0 Å². The summed E-state index contributed by atoms with van der Waals surface area (Å²) in [5.41, 5.74) is 0. The van der Waals surface area contributed by atoms with E-state index in [0.717, 1.165) is 6.61 Å². The van der Waals surface area contributed by atoms with Gasteiger partial charge < -0.3 is 0 Å². The molecule has 0 atom stereocenters. The van der Waals surface area contributed by atoms with E-state index in [9.17, 15) is 0 Å². The van der Waals surface area contributed by atoms with Crippen LogP contribution in [0.5, 0.6) is 0 Å². The fourth-order valence-corrected chi connectivity index (χ4v) is 15.2. The molecule has 0 amide bonds. The molecule has 0 bridgehead atoms. The van der Waals surface area contributed by atoms with Crippen LogP contribution in [-0.2, 0) is 4.43 Å². The van der Waals surface area contributed by atoms with Crippen molar-refractivity contribution in [3.63, 3.8) is 0 Å². The van der Waals surface area contributed by atoms with Crippen molar-refractivity contribution >= 4 is 50.5 Å². The third-order valence-corrected chi connectivity index (χ3v) is 25.2. The van der Waals surface area contributed by atoms with Gasteiger partial charge >= 0.3 is 208 Å². The normalized spacial score (nSPS) is 13.6. The maximum atomic E-state index is 6.34. The first-order valence-corrected chi connectivity index (χ1v) is 23.2. The first kappa shape index (κ1) is 32.5. The van der Waals surface area contributed by atoms with Gasteiger partial charge in [-0.3, -0.25) is 0 Å². The fourth-order valence-electron chi connectivity index (χ4n) is 5.34. The molecule has 1 nitrogen and oxygen atoms in total. The van der Waals surface area contributed by atoms with E-state index in [1.165, 1.54) is 79.9 Å². The van der Waals surface area contributed by atoms with E-state index in [-0.39, 0.29) is 0 Å². The van der Waals surface area contributed by atoms with Crippen LogP contribution < -0.4 is 15.9 Å². The second-order valence-corrected chi connectivity index (χ2v) is 28.3. The number of halogens is 1. The van der Waals surface area contributed by atoms with Crippen molar-refractivity contribution in [1.82, 2.24) is 0 Å². The molecule has 0 heterocycles. The summed E-state index contributed by atoms with van der Waals surface area (Å²) < 4.78 is 3.74. The third kappa shape index (κ3) is 8.28. The average molecular weight is 675 g/mol. The molecule has 0 saturated heterocycles. The summed E-state index contributed by atoms with van der Waals surface area (Å²) in [6.45, 7) is 12.6. The molecule has 0 aliphatic heterocycles. The van der Waals surface area contributed by atoms with Gasteiger partial charge in [0.05, 0.1) is 0 Å². The van der Waals surface area contributed by atoms with Crippen LogP contribution in [0.1, 0.15) is 78.6 Å². The number of hydrogen-bond acceptors (Lipinski definition) is 1. The van der Waals surface area contributed by atoms with Gasteiger partial charge in [0.2, 0.25) is 0 Å². The summed E-state index contributed by atoms with van der Waals surface area (Å²) in [4.78, 5) is 0. The molecule has 3 rings (SSSR count). The van der Waals surface area contributed by atoms with Crippen molar-refractivity contribution in [2.75, 3.05) is 12.8 Å². The second-order valence-electron chi connectivity index (χ2n) is 12.7. The van der Waals surface area contributed by atoms with Crippen LogP contribution >= 0.6 is 26.3 Å². The molecule has 3 aromatic rings. The van der Waals surface area contributed by atoms with E-state index in [4.69, 9.17) is 4.43 Å². The minimum absolute atomic E-state index is 0.315. The number of unbranched alkanes of at least 4 members (excludes halogenated alkanes) is 8. The molecular formula is C35H52IOPSi. The summed E-state index contributed by atoms with van der Waals surface area (Å²) >= 11 is 2.93. The first-order chi connectivity index (χ1) is 18.6. The van der Waals surface area contributed by atoms with Crippen molar-refractivity contribution in [1.29, 1.82) is 0 Å². The first-order valence-electron chi connectivity index (χ1n) is 15.1. The Morgan fingerprint density at radius 2 is 0.897 bits per heavy atom. The van der Waals surface area contributed by atoms with E-state index < -0.39 is 12.6 Å². The van der Waals surface area contributed by atoms with Crippen molar-refractivity contribution in [3.8, 4) is 0 Å². The van der Waals surface area contributed by atoms with E-state index in [1.54, 1.807) is 0 Å². The van der Waals surface area contributed by atoms with Gasteiger partial charge in [0.25, 0.3) is 0 Å². The van der Waals surface area contributed by atoms with Crippen molar-refractivity contribution in [2.24, 2.45) is 0 Å². The van der Waals surface area contributed by atoms with Crippen LogP contribution in [0, 0.1) is 0 Å². The van der Waals surface area contributed by atoms with Crippen LogP contribution in [0.25, 0.3) is 0 Å². The number of rotatable bonds is 16. The Labute approximate surface area is 254 Å². The van der Waals surface area contributed by atoms with Crippen LogP contribution in [0.3, 0.4) is 0 Å². The fraction of sp³-hybridized carbons (Fsp3) is 0.486. The van der Waals surface area contributed by atoms with Gasteiger partial charge in [0, 0.05) is 0 Å². The zero-order valence-electron chi connectivity index (χ0n) is 25.2.